The summed E-state index contributed by atoms with van der Waals surface area (Å²) < 4.78 is 6.60. The van der Waals surface area contributed by atoms with Crippen LogP contribution in [0.3, 0.4) is 0 Å². The number of aliphatic hydroxyl groups is 1. The van der Waals surface area contributed by atoms with Crippen LogP contribution in [0.15, 0.2) is 62.0 Å². The predicted octanol–water partition coefficient (Wildman–Crippen LogP) is 5.64. The third kappa shape index (κ3) is 3.18. The summed E-state index contributed by atoms with van der Waals surface area (Å²) in [6.07, 6.45) is 1.70. The second-order valence-corrected chi connectivity index (χ2v) is 8.55. The number of Topliss-reactive ketones (excluding diaryl/α,β-unsaturated/α-hetero) is 1. The lowest BCUT2D eigenvalue weighted by Crippen LogP contribution is -2.31. The fourth-order valence-corrected chi connectivity index (χ4v) is 4.67. The van der Waals surface area contributed by atoms with Gasteiger partial charge in [-0.2, -0.15) is 0 Å². The molecule has 4 rings (SSSR count). The SMILES string of the molecule is CCCCN1C(=O)C(O)=C(C(=O)c2cc3cc(Br)ccc3o2)C1c1cccs1. The molecule has 1 aromatic carbocycles. The first kappa shape index (κ1) is 19.0. The number of thiophene rings is 1. The van der Waals surface area contributed by atoms with Crippen LogP contribution in [-0.2, 0) is 4.79 Å². The number of hydrogen-bond acceptors (Lipinski definition) is 5. The van der Waals surface area contributed by atoms with E-state index < -0.39 is 23.5 Å². The molecular formula is C21H18BrNO4S. The van der Waals surface area contributed by atoms with Gasteiger partial charge in [0.05, 0.1) is 11.6 Å². The Labute approximate surface area is 174 Å². The van der Waals surface area contributed by atoms with Gasteiger partial charge in [-0.1, -0.05) is 35.3 Å². The molecule has 0 spiro atoms. The molecule has 28 heavy (non-hydrogen) atoms. The van der Waals surface area contributed by atoms with Crippen LogP contribution < -0.4 is 0 Å². The van der Waals surface area contributed by atoms with Crippen molar-refractivity contribution < 1.29 is 19.1 Å². The molecule has 1 aliphatic rings. The summed E-state index contributed by atoms with van der Waals surface area (Å²) in [5.74, 6) is -1.34. The first-order valence-electron chi connectivity index (χ1n) is 9.02. The van der Waals surface area contributed by atoms with E-state index in [1.807, 2.05) is 36.6 Å². The van der Waals surface area contributed by atoms with Crippen molar-refractivity contribution in [3.8, 4) is 0 Å². The highest BCUT2D eigenvalue weighted by atomic mass is 79.9. The maximum absolute atomic E-state index is 13.3. The average Bonchev–Trinajstić information content (AvgIpc) is 3.39. The van der Waals surface area contributed by atoms with Crippen molar-refractivity contribution in [2.75, 3.05) is 6.54 Å². The summed E-state index contributed by atoms with van der Waals surface area (Å²) in [7, 11) is 0. The fraction of sp³-hybridized carbons (Fsp3) is 0.238. The number of unbranched alkanes of at least 4 members (excludes halogenated alkanes) is 1. The largest absolute Gasteiger partial charge is 0.503 e. The maximum Gasteiger partial charge on any atom is 0.290 e. The zero-order valence-corrected chi connectivity index (χ0v) is 17.5. The van der Waals surface area contributed by atoms with Gasteiger partial charge in [-0.05, 0) is 42.1 Å². The molecule has 1 N–H and O–H groups in total. The van der Waals surface area contributed by atoms with Crippen LogP contribution >= 0.6 is 27.3 Å². The van der Waals surface area contributed by atoms with Crippen molar-refractivity contribution in [2.24, 2.45) is 0 Å². The van der Waals surface area contributed by atoms with Crippen molar-refractivity contribution in [1.29, 1.82) is 0 Å². The number of halogens is 1. The Balaban J connectivity index is 1.78. The Morgan fingerprint density at radius 1 is 1.32 bits per heavy atom. The van der Waals surface area contributed by atoms with Gasteiger partial charge in [0.15, 0.2) is 11.5 Å². The average molecular weight is 460 g/mol. The number of rotatable bonds is 6. The van der Waals surface area contributed by atoms with Crippen molar-refractivity contribution in [3.05, 3.63) is 68.2 Å². The van der Waals surface area contributed by atoms with E-state index in [4.69, 9.17) is 4.42 Å². The Morgan fingerprint density at radius 3 is 2.86 bits per heavy atom. The summed E-state index contributed by atoms with van der Waals surface area (Å²) in [6.45, 7) is 2.51. The monoisotopic (exact) mass is 459 g/mol. The lowest BCUT2D eigenvalue weighted by Gasteiger charge is -2.25. The van der Waals surface area contributed by atoms with Gasteiger partial charge in [-0.25, -0.2) is 0 Å². The molecule has 1 unspecified atom stereocenters. The molecule has 0 radical (unpaired) electrons. The summed E-state index contributed by atoms with van der Waals surface area (Å²) in [6, 6.07) is 10.3. The molecule has 2 aromatic heterocycles. The van der Waals surface area contributed by atoms with Gasteiger partial charge in [-0.15, -0.1) is 11.3 Å². The molecule has 7 heteroatoms. The fourth-order valence-electron chi connectivity index (χ4n) is 3.45. The highest BCUT2D eigenvalue weighted by Gasteiger charge is 2.44. The molecule has 1 aliphatic heterocycles. The zero-order chi connectivity index (χ0) is 19.8. The minimum atomic E-state index is -0.591. The van der Waals surface area contributed by atoms with Gasteiger partial charge in [0.2, 0.25) is 5.78 Å². The molecule has 3 heterocycles. The number of furan rings is 1. The first-order chi connectivity index (χ1) is 13.5. The van der Waals surface area contributed by atoms with E-state index in [-0.39, 0.29) is 11.3 Å². The van der Waals surface area contributed by atoms with Crippen molar-refractivity contribution in [2.45, 2.75) is 25.8 Å². The van der Waals surface area contributed by atoms with Crippen molar-refractivity contribution in [1.82, 2.24) is 4.90 Å². The summed E-state index contributed by atoms with van der Waals surface area (Å²) in [5.41, 5.74) is 0.660. The van der Waals surface area contributed by atoms with Gasteiger partial charge < -0.3 is 14.4 Å². The smallest absolute Gasteiger partial charge is 0.290 e. The molecule has 0 saturated heterocycles. The topological polar surface area (TPSA) is 70.8 Å². The number of nitrogens with zero attached hydrogens (tertiary/aromatic N) is 1. The van der Waals surface area contributed by atoms with Crippen molar-refractivity contribution in [3.63, 3.8) is 0 Å². The molecule has 144 valence electrons. The molecule has 3 aromatic rings. The standard InChI is InChI=1S/C21H18BrNO4S/c1-2-3-8-23-18(16-5-4-9-28-16)17(20(25)21(23)26)19(24)15-11-12-10-13(22)6-7-14(12)27-15/h4-7,9-11,18,25H,2-3,8H2,1H3. The van der Waals surface area contributed by atoms with Gasteiger partial charge in [0.1, 0.15) is 5.58 Å². The van der Waals surface area contributed by atoms with Crippen LogP contribution in [-0.4, -0.2) is 28.2 Å². The van der Waals surface area contributed by atoms with Crippen molar-refractivity contribution >= 4 is 49.9 Å². The van der Waals surface area contributed by atoms with E-state index in [0.29, 0.717) is 12.1 Å². The van der Waals surface area contributed by atoms with Gasteiger partial charge in [0, 0.05) is 21.3 Å². The van der Waals surface area contributed by atoms with Gasteiger partial charge in [-0.3, -0.25) is 9.59 Å². The molecule has 0 aliphatic carbocycles. The molecule has 0 fully saturated rings. The number of amides is 1. The highest BCUT2D eigenvalue weighted by molar-refractivity contribution is 9.10. The van der Waals surface area contributed by atoms with Crippen LogP contribution in [0.2, 0.25) is 0 Å². The Bertz CT molecular complexity index is 1080. The van der Waals surface area contributed by atoms with E-state index in [1.54, 1.807) is 17.0 Å². The number of fused-ring (bicyclic) bond motifs is 1. The molecular weight excluding hydrogens is 442 g/mol. The van der Waals surface area contributed by atoms with Crippen LogP contribution in [0.25, 0.3) is 11.0 Å². The quantitative estimate of drug-likeness (QED) is 0.484. The second kappa shape index (κ2) is 7.56. The number of carbonyl (C=O) groups is 2. The van der Waals surface area contributed by atoms with Gasteiger partial charge in [0.25, 0.3) is 5.91 Å². The third-order valence-electron chi connectivity index (χ3n) is 4.82. The molecule has 0 bridgehead atoms. The van der Waals surface area contributed by atoms with E-state index in [1.165, 1.54) is 11.3 Å². The van der Waals surface area contributed by atoms with Crippen LogP contribution in [0.4, 0.5) is 0 Å². The number of carbonyl (C=O) groups excluding carboxylic acids is 2. The molecule has 1 amide bonds. The minimum absolute atomic E-state index is 0.0849. The highest BCUT2D eigenvalue weighted by Crippen LogP contribution is 2.41. The third-order valence-corrected chi connectivity index (χ3v) is 6.23. The Morgan fingerprint density at radius 2 is 2.14 bits per heavy atom. The zero-order valence-electron chi connectivity index (χ0n) is 15.1. The van der Waals surface area contributed by atoms with Crippen LogP contribution in [0.1, 0.15) is 41.2 Å². The minimum Gasteiger partial charge on any atom is -0.503 e. The second-order valence-electron chi connectivity index (χ2n) is 6.65. The lowest BCUT2D eigenvalue weighted by molar-refractivity contribution is -0.129. The normalized spacial score (nSPS) is 17.1. The first-order valence-corrected chi connectivity index (χ1v) is 10.7. The predicted molar refractivity (Wildman–Crippen MR) is 112 cm³/mol. The van der Waals surface area contributed by atoms with E-state index >= 15 is 0 Å². The lowest BCUT2D eigenvalue weighted by atomic mass is 10.00. The van der Waals surface area contributed by atoms with E-state index in [2.05, 4.69) is 15.9 Å². The Kier molecular flexibility index (Phi) is 5.12. The van der Waals surface area contributed by atoms with E-state index in [9.17, 15) is 14.7 Å². The Hall–Kier alpha value is -2.38. The van der Waals surface area contributed by atoms with Crippen LogP contribution in [0.5, 0.6) is 0 Å². The van der Waals surface area contributed by atoms with Crippen LogP contribution in [0, 0.1) is 0 Å². The number of benzene rings is 1. The summed E-state index contributed by atoms with van der Waals surface area (Å²) in [4.78, 5) is 28.4. The van der Waals surface area contributed by atoms with E-state index in [0.717, 1.165) is 27.6 Å². The molecule has 0 saturated carbocycles. The number of ketones is 1. The summed E-state index contributed by atoms with van der Waals surface area (Å²) >= 11 is 4.86. The summed E-state index contributed by atoms with van der Waals surface area (Å²) in [5, 5.41) is 13.2. The van der Waals surface area contributed by atoms with Gasteiger partial charge >= 0.3 is 0 Å². The number of aliphatic hydroxyl groups excluding tert-OH is 1. The molecule has 5 nitrogen and oxygen atoms in total. The maximum atomic E-state index is 13.3. The molecule has 1 atom stereocenters. The number of hydrogen-bond donors (Lipinski definition) is 1.